The van der Waals surface area contributed by atoms with Crippen molar-refractivity contribution >= 4 is 0 Å². The van der Waals surface area contributed by atoms with Gasteiger partial charge in [-0.2, -0.15) is 0 Å². The molecular formula is C12H26O4. The van der Waals surface area contributed by atoms with Gasteiger partial charge in [0.15, 0.2) is 6.29 Å². The Balaban J connectivity index is 4.04. The molecule has 0 saturated carbocycles. The van der Waals surface area contributed by atoms with Gasteiger partial charge in [0.05, 0.1) is 5.60 Å². The third kappa shape index (κ3) is 6.43. The Morgan fingerprint density at radius 2 is 1.62 bits per heavy atom. The Hall–Kier alpha value is -0.160. The van der Waals surface area contributed by atoms with Crippen LogP contribution in [0.4, 0.5) is 0 Å². The summed E-state index contributed by atoms with van der Waals surface area (Å²) in [5, 5.41) is 9.92. The van der Waals surface area contributed by atoms with Crippen LogP contribution in [0.25, 0.3) is 0 Å². The molecule has 1 unspecified atom stereocenters. The lowest BCUT2D eigenvalue weighted by molar-refractivity contribution is -0.193. The predicted octanol–water partition coefficient (Wildman–Crippen LogP) is 1.95. The first-order valence-electron chi connectivity index (χ1n) is 5.93. The highest BCUT2D eigenvalue weighted by molar-refractivity contribution is 4.71. The molecule has 0 saturated heterocycles. The van der Waals surface area contributed by atoms with Crippen LogP contribution < -0.4 is 0 Å². The van der Waals surface area contributed by atoms with Gasteiger partial charge in [-0.25, -0.2) is 0 Å². The molecule has 0 aromatic heterocycles. The molecule has 1 atom stereocenters. The number of hydrogen-bond donors (Lipinski definition) is 1. The molecule has 16 heavy (non-hydrogen) atoms. The SMILES string of the molecule is CCOC(OCC)C(O)CCC(C)(C)OC. The van der Waals surface area contributed by atoms with E-state index in [0.29, 0.717) is 19.6 Å². The van der Waals surface area contributed by atoms with Gasteiger partial charge < -0.3 is 19.3 Å². The first-order chi connectivity index (χ1) is 7.46. The third-order valence-electron chi connectivity index (χ3n) is 2.57. The van der Waals surface area contributed by atoms with Crippen LogP contribution in [0.5, 0.6) is 0 Å². The van der Waals surface area contributed by atoms with Crippen LogP contribution in [0.1, 0.15) is 40.5 Å². The number of aliphatic hydroxyl groups excluding tert-OH is 1. The molecular weight excluding hydrogens is 208 g/mol. The molecule has 0 aliphatic carbocycles. The van der Waals surface area contributed by atoms with Crippen molar-refractivity contribution in [1.29, 1.82) is 0 Å². The van der Waals surface area contributed by atoms with Crippen molar-refractivity contribution in [2.75, 3.05) is 20.3 Å². The fraction of sp³-hybridized carbons (Fsp3) is 1.00. The highest BCUT2D eigenvalue weighted by Gasteiger charge is 2.24. The minimum atomic E-state index is -0.602. The molecule has 0 heterocycles. The molecule has 98 valence electrons. The largest absolute Gasteiger partial charge is 0.388 e. The van der Waals surface area contributed by atoms with Crippen molar-refractivity contribution < 1.29 is 19.3 Å². The quantitative estimate of drug-likeness (QED) is 0.619. The van der Waals surface area contributed by atoms with Gasteiger partial charge in [-0.15, -0.1) is 0 Å². The van der Waals surface area contributed by atoms with Gasteiger partial charge in [0.2, 0.25) is 0 Å². The fourth-order valence-electron chi connectivity index (χ4n) is 1.33. The molecule has 0 amide bonds. The number of rotatable bonds is 9. The van der Waals surface area contributed by atoms with Crippen LogP contribution in [0, 0.1) is 0 Å². The summed E-state index contributed by atoms with van der Waals surface area (Å²) in [5.41, 5.74) is -0.218. The Labute approximate surface area is 98.9 Å². The van der Waals surface area contributed by atoms with Crippen molar-refractivity contribution in [2.24, 2.45) is 0 Å². The maximum atomic E-state index is 9.92. The van der Waals surface area contributed by atoms with Gasteiger partial charge in [-0.3, -0.25) is 0 Å². The molecule has 1 N–H and O–H groups in total. The van der Waals surface area contributed by atoms with Gasteiger partial charge in [0.1, 0.15) is 6.10 Å². The normalized spacial score (nSPS) is 14.4. The monoisotopic (exact) mass is 234 g/mol. The van der Waals surface area contributed by atoms with Crippen molar-refractivity contribution in [3.05, 3.63) is 0 Å². The molecule has 0 bridgehead atoms. The van der Waals surface area contributed by atoms with E-state index < -0.39 is 12.4 Å². The van der Waals surface area contributed by atoms with E-state index in [1.165, 1.54) is 0 Å². The molecule has 0 aromatic rings. The maximum absolute atomic E-state index is 9.92. The first-order valence-corrected chi connectivity index (χ1v) is 5.93. The van der Waals surface area contributed by atoms with Crippen molar-refractivity contribution in [3.8, 4) is 0 Å². The van der Waals surface area contributed by atoms with Crippen molar-refractivity contribution in [3.63, 3.8) is 0 Å². The second kappa shape index (κ2) is 8.01. The van der Waals surface area contributed by atoms with E-state index in [0.717, 1.165) is 6.42 Å². The fourth-order valence-corrected chi connectivity index (χ4v) is 1.33. The molecule has 0 aliphatic heterocycles. The molecule has 0 radical (unpaired) electrons. The predicted molar refractivity (Wildman–Crippen MR) is 63.4 cm³/mol. The molecule has 0 fully saturated rings. The maximum Gasteiger partial charge on any atom is 0.183 e. The van der Waals surface area contributed by atoms with Crippen LogP contribution in [0.15, 0.2) is 0 Å². The molecule has 0 spiro atoms. The summed E-state index contributed by atoms with van der Waals surface area (Å²) in [6, 6.07) is 0. The topological polar surface area (TPSA) is 47.9 Å². The number of ether oxygens (including phenoxy) is 3. The summed E-state index contributed by atoms with van der Waals surface area (Å²) in [6.07, 6.45) is 0.240. The second-order valence-corrected chi connectivity index (χ2v) is 4.35. The Morgan fingerprint density at radius 1 is 1.12 bits per heavy atom. The molecule has 4 nitrogen and oxygen atoms in total. The summed E-state index contributed by atoms with van der Waals surface area (Å²) in [7, 11) is 1.68. The van der Waals surface area contributed by atoms with E-state index in [9.17, 15) is 5.11 Å². The average Bonchev–Trinajstić information content (AvgIpc) is 2.26. The van der Waals surface area contributed by atoms with E-state index in [4.69, 9.17) is 14.2 Å². The van der Waals surface area contributed by atoms with Crippen LogP contribution in [-0.2, 0) is 14.2 Å². The van der Waals surface area contributed by atoms with Crippen LogP contribution in [0.3, 0.4) is 0 Å². The lowest BCUT2D eigenvalue weighted by Gasteiger charge is -2.27. The molecule has 0 rings (SSSR count). The lowest BCUT2D eigenvalue weighted by atomic mass is 10.00. The summed E-state index contributed by atoms with van der Waals surface area (Å²) in [4.78, 5) is 0. The first kappa shape index (κ1) is 15.8. The van der Waals surface area contributed by atoms with E-state index in [2.05, 4.69) is 0 Å². The third-order valence-corrected chi connectivity index (χ3v) is 2.57. The van der Waals surface area contributed by atoms with Gasteiger partial charge in [-0.05, 0) is 40.5 Å². The standard InChI is InChI=1S/C12H26O4/c1-6-15-11(16-7-2)10(13)8-9-12(3,4)14-5/h10-11,13H,6-9H2,1-5H3. The summed E-state index contributed by atoms with van der Waals surface area (Å²) >= 11 is 0. The Bertz CT molecular complexity index is 164. The van der Waals surface area contributed by atoms with Crippen LogP contribution in [0.2, 0.25) is 0 Å². The Kier molecular flexibility index (Phi) is 7.93. The average molecular weight is 234 g/mol. The highest BCUT2D eigenvalue weighted by Crippen LogP contribution is 2.19. The van der Waals surface area contributed by atoms with Gasteiger partial charge in [0.25, 0.3) is 0 Å². The molecule has 4 heteroatoms. The van der Waals surface area contributed by atoms with Crippen molar-refractivity contribution in [2.45, 2.75) is 58.5 Å². The van der Waals surface area contributed by atoms with Crippen LogP contribution in [-0.4, -0.2) is 43.4 Å². The van der Waals surface area contributed by atoms with E-state index in [-0.39, 0.29) is 5.60 Å². The van der Waals surface area contributed by atoms with Crippen LogP contribution >= 0.6 is 0 Å². The van der Waals surface area contributed by atoms with Crippen molar-refractivity contribution in [1.82, 2.24) is 0 Å². The minimum absolute atomic E-state index is 0.218. The van der Waals surface area contributed by atoms with E-state index in [1.807, 2.05) is 27.7 Å². The van der Waals surface area contributed by atoms with E-state index in [1.54, 1.807) is 7.11 Å². The zero-order valence-electron chi connectivity index (χ0n) is 11.2. The summed E-state index contributed by atoms with van der Waals surface area (Å²) in [5.74, 6) is 0. The molecule has 0 aliphatic rings. The number of methoxy groups -OCH3 is 1. The lowest BCUT2D eigenvalue weighted by Crippen LogP contribution is -2.34. The zero-order valence-corrected chi connectivity index (χ0v) is 11.2. The highest BCUT2D eigenvalue weighted by atomic mass is 16.7. The number of hydrogen-bond acceptors (Lipinski definition) is 4. The molecule has 0 aromatic carbocycles. The summed E-state index contributed by atoms with van der Waals surface area (Å²) in [6.45, 7) is 8.84. The smallest absolute Gasteiger partial charge is 0.183 e. The Morgan fingerprint density at radius 3 is 2.00 bits per heavy atom. The van der Waals surface area contributed by atoms with Gasteiger partial charge in [-0.1, -0.05) is 0 Å². The summed E-state index contributed by atoms with van der Waals surface area (Å²) < 4.78 is 16.0. The van der Waals surface area contributed by atoms with E-state index >= 15 is 0 Å². The van der Waals surface area contributed by atoms with Gasteiger partial charge >= 0.3 is 0 Å². The van der Waals surface area contributed by atoms with Gasteiger partial charge in [0, 0.05) is 20.3 Å². The minimum Gasteiger partial charge on any atom is -0.388 e. The zero-order chi connectivity index (χ0) is 12.6. The number of aliphatic hydroxyl groups is 1. The second-order valence-electron chi connectivity index (χ2n) is 4.35.